The van der Waals surface area contributed by atoms with E-state index in [0.717, 1.165) is 0 Å². The van der Waals surface area contributed by atoms with Gasteiger partial charge in [-0.1, -0.05) is 25.1 Å². The molecule has 0 bridgehead atoms. The fourth-order valence-corrected chi connectivity index (χ4v) is 4.51. The van der Waals surface area contributed by atoms with Crippen LogP contribution in [0, 0.1) is 6.92 Å². The number of nitrogens with zero attached hydrogens (tertiary/aromatic N) is 1. The highest BCUT2D eigenvalue weighted by Crippen LogP contribution is 2.49. The van der Waals surface area contributed by atoms with Gasteiger partial charge in [0.1, 0.15) is 0 Å². The number of rotatable bonds is 5. The first-order chi connectivity index (χ1) is 16.2. The molecule has 0 saturated heterocycles. The van der Waals surface area contributed by atoms with E-state index in [1.54, 1.807) is 12.1 Å². The number of carbonyl (C=O) groups excluding carboxylic acids is 1. The van der Waals surface area contributed by atoms with Crippen LogP contribution in [0.3, 0.4) is 0 Å². The minimum atomic E-state index is -5.31. The second-order valence-corrected chi connectivity index (χ2v) is 9.70. The number of fused-ring (bicyclic) bond motifs is 2. The summed E-state index contributed by atoms with van der Waals surface area (Å²) in [5, 5.41) is 16.9. The normalized spacial score (nSPS) is 15.2. The van der Waals surface area contributed by atoms with Crippen LogP contribution in [-0.4, -0.2) is 34.7 Å². The summed E-state index contributed by atoms with van der Waals surface area (Å²) in [6.07, 6.45) is -6.32. The molecule has 2 heterocycles. The van der Waals surface area contributed by atoms with Gasteiger partial charge in [0.05, 0.1) is 15.6 Å². The summed E-state index contributed by atoms with van der Waals surface area (Å²) in [5.74, 6) is -1.09. The van der Waals surface area contributed by atoms with Crippen molar-refractivity contribution < 1.29 is 37.1 Å². The van der Waals surface area contributed by atoms with Gasteiger partial charge in [-0.15, -0.1) is 0 Å². The standard InChI is InChI=1S/C23H20BrF3N2O6/c1-11-14-8-12(4-5-13(14)19(30)35-29-11)28-20(31)22(32,23(25,26)27)9-21(2,3)15-6-7-16(24)18-17(15)33-10-34-18/h4-8,32H,9-10H2,1-3H3,(H,28,31). The van der Waals surface area contributed by atoms with Gasteiger partial charge in [0.15, 0.2) is 11.5 Å². The van der Waals surface area contributed by atoms with Gasteiger partial charge in [0.25, 0.3) is 5.91 Å². The Labute approximate surface area is 205 Å². The van der Waals surface area contributed by atoms with Crippen molar-refractivity contribution in [3.05, 3.63) is 56.5 Å². The quantitative estimate of drug-likeness (QED) is 0.473. The van der Waals surface area contributed by atoms with Gasteiger partial charge in [-0.05, 0) is 52.5 Å². The van der Waals surface area contributed by atoms with E-state index >= 15 is 0 Å². The number of alkyl halides is 3. The summed E-state index contributed by atoms with van der Waals surface area (Å²) in [6, 6.07) is 6.98. The molecule has 35 heavy (non-hydrogen) atoms. The van der Waals surface area contributed by atoms with Crippen molar-refractivity contribution >= 4 is 38.3 Å². The summed E-state index contributed by atoms with van der Waals surface area (Å²) in [6.45, 7) is 4.35. The Bertz CT molecular complexity index is 1390. The molecular weight excluding hydrogens is 537 g/mol. The maximum absolute atomic E-state index is 14.2. The van der Waals surface area contributed by atoms with Crippen LogP contribution in [0.4, 0.5) is 18.9 Å². The van der Waals surface area contributed by atoms with Gasteiger partial charge in [-0.25, -0.2) is 4.79 Å². The molecule has 2 aromatic carbocycles. The molecule has 0 spiro atoms. The molecule has 12 heteroatoms. The second kappa shape index (κ2) is 8.52. The number of halogens is 4. The van der Waals surface area contributed by atoms with E-state index < -0.39 is 35.1 Å². The molecule has 1 atom stereocenters. The van der Waals surface area contributed by atoms with Crippen LogP contribution in [0.15, 0.2) is 44.1 Å². The van der Waals surface area contributed by atoms with E-state index in [2.05, 4.69) is 30.9 Å². The molecule has 3 aromatic rings. The van der Waals surface area contributed by atoms with Crippen LogP contribution in [0.25, 0.3) is 10.8 Å². The minimum absolute atomic E-state index is 0.0558. The lowest BCUT2D eigenvalue weighted by Gasteiger charge is -2.37. The predicted molar refractivity (Wildman–Crippen MR) is 123 cm³/mol. The van der Waals surface area contributed by atoms with Crippen LogP contribution < -0.4 is 20.4 Å². The van der Waals surface area contributed by atoms with Gasteiger partial charge in [-0.3, -0.25) is 4.79 Å². The summed E-state index contributed by atoms with van der Waals surface area (Å²) in [4.78, 5) is 24.7. The highest BCUT2D eigenvalue weighted by atomic mass is 79.9. The molecule has 1 aromatic heterocycles. The Kier molecular flexibility index (Phi) is 6.08. The number of carbonyl (C=O) groups is 1. The van der Waals surface area contributed by atoms with E-state index in [0.29, 0.717) is 21.5 Å². The van der Waals surface area contributed by atoms with Crippen molar-refractivity contribution in [2.45, 2.75) is 44.4 Å². The molecule has 0 aliphatic carbocycles. The van der Waals surface area contributed by atoms with Crippen molar-refractivity contribution in [2.75, 3.05) is 12.1 Å². The smallest absolute Gasteiger partial charge is 0.426 e. The highest BCUT2D eigenvalue weighted by molar-refractivity contribution is 9.10. The summed E-state index contributed by atoms with van der Waals surface area (Å²) in [7, 11) is 0. The van der Waals surface area contributed by atoms with E-state index in [4.69, 9.17) is 9.47 Å². The maximum Gasteiger partial charge on any atom is 0.426 e. The summed E-state index contributed by atoms with van der Waals surface area (Å²) >= 11 is 3.30. The number of aliphatic hydroxyl groups is 1. The zero-order valence-electron chi connectivity index (χ0n) is 18.7. The molecule has 0 fully saturated rings. The fraction of sp³-hybridized carbons (Fsp3) is 0.348. The molecule has 1 aliphatic heterocycles. The number of anilines is 1. The lowest BCUT2D eigenvalue weighted by Crippen LogP contribution is -2.57. The zero-order valence-corrected chi connectivity index (χ0v) is 20.3. The number of benzene rings is 2. The van der Waals surface area contributed by atoms with E-state index in [1.807, 2.05) is 0 Å². The molecule has 8 nitrogen and oxygen atoms in total. The van der Waals surface area contributed by atoms with Gasteiger partial charge < -0.3 is 24.4 Å². The SMILES string of the molecule is Cc1noc(=O)c2ccc(NC(=O)C(O)(CC(C)(C)c3ccc(Br)c4c3OCO4)C(F)(F)F)cc12. The molecule has 4 rings (SSSR count). The third-order valence-electron chi connectivity index (χ3n) is 5.89. The number of ether oxygens (including phenoxy) is 2. The van der Waals surface area contributed by atoms with Gasteiger partial charge in [-0.2, -0.15) is 13.2 Å². The Morgan fingerprint density at radius 1 is 1.14 bits per heavy atom. The molecule has 0 radical (unpaired) electrons. The Morgan fingerprint density at radius 3 is 2.51 bits per heavy atom. The monoisotopic (exact) mass is 556 g/mol. The largest absolute Gasteiger partial charge is 0.453 e. The van der Waals surface area contributed by atoms with Crippen molar-refractivity contribution in [1.29, 1.82) is 0 Å². The first kappa shape index (κ1) is 25.0. The van der Waals surface area contributed by atoms with Crippen molar-refractivity contribution in [3.63, 3.8) is 0 Å². The van der Waals surface area contributed by atoms with E-state index in [9.17, 15) is 27.9 Å². The molecule has 1 aliphatic rings. The number of nitrogens with one attached hydrogen (secondary N) is 1. The van der Waals surface area contributed by atoms with Crippen molar-refractivity contribution in [2.24, 2.45) is 0 Å². The fourth-order valence-electron chi connectivity index (χ4n) is 4.08. The van der Waals surface area contributed by atoms with Crippen LogP contribution in [0.1, 0.15) is 31.5 Å². The lowest BCUT2D eigenvalue weighted by atomic mass is 9.74. The van der Waals surface area contributed by atoms with Gasteiger partial charge in [0, 0.05) is 23.1 Å². The second-order valence-electron chi connectivity index (χ2n) is 8.85. The maximum atomic E-state index is 14.2. The summed E-state index contributed by atoms with van der Waals surface area (Å²) < 4.78 is 58.5. The van der Waals surface area contributed by atoms with E-state index in [1.165, 1.54) is 39.0 Å². The summed E-state index contributed by atoms with van der Waals surface area (Å²) in [5.41, 5.74) is -5.28. The minimum Gasteiger partial charge on any atom is -0.453 e. The van der Waals surface area contributed by atoms with Crippen molar-refractivity contribution in [1.82, 2.24) is 5.16 Å². The topological polar surface area (TPSA) is 111 Å². The predicted octanol–water partition coefficient (Wildman–Crippen LogP) is 4.59. The van der Waals surface area contributed by atoms with Crippen LogP contribution in [0.5, 0.6) is 11.5 Å². The molecule has 2 N–H and O–H groups in total. The van der Waals surface area contributed by atoms with E-state index in [-0.39, 0.29) is 29.0 Å². The highest BCUT2D eigenvalue weighted by Gasteiger charge is 2.61. The first-order valence-electron chi connectivity index (χ1n) is 10.3. The molecule has 1 amide bonds. The number of aromatic nitrogens is 1. The third kappa shape index (κ3) is 4.36. The van der Waals surface area contributed by atoms with Crippen molar-refractivity contribution in [3.8, 4) is 11.5 Å². The number of hydrogen-bond donors (Lipinski definition) is 2. The third-order valence-corrected chi connectivity index (χ3v) is 6.52. The lowest BCUT2D eigenvalue weighted by molar-refractivity contribution is -0.254. The average molecular weight is 557 g/mol. The van der Waals surface area contributed by atoms with Gasteiger partial charge >= 0.3 is 11.8 Å². The Hall–Kier alpha value is -3.12. The Balaban J connectivity index is 1.69. The van der Waals surface area contributed by atoms with Crippen LogP contribution >= 0.6 is 15.9 Å². The molecule has 0 saturated carbocycles. The van der Waals surface area contributed by atoms with Crippen LogP contribution in [-0.2, 0) is 10.2 Å². The van der Waals surface area contributed by atoms with Gasteiger partial charge in [0.2, 0.25) is 12.4 Å². The molecule has 1 unspecified atom stereocenters. The molecular formula is C23H20BrF3N2O6. The Morgan fingerprint density at radius 2 is 1.83 bits per heavy atom. The molecule has 186 valence electrons. The number of aryl methyl sites for hydroxylation is 1. The van der Waals surface area contributed by atoms with Crippen LogP contribution in [0.2, 0.25) is 0 Å². The first-order valence-corrected chi connectivity index (χ1v) is 11.1. The number of amides is 1. The number of hydrogen-bond acceptors (Lipinski definition) is 7. The average Bonchev–Trinajstić information content (AvgIpc) is 3.26. The zero-order chi connectivity index (χ0) is 25.8.